The number of rotatable bonds is 4. The van der Waals surface area contributed by atoms with Crippen molar-refractivity contribution in [2.24, 2.45) is 5.41 Å². The van der Waals surface area contributed by atoms with Crippen molar-refractivity contribution in [2.45, 2.75) is 34.3 Å². The van der Waals surface area contributed by atoms with E-state index < -0.39 is 0 Å². The number of ether oxygens (including phenoxy) is 1. The highest BCUT2D eigenvalue weighted by atomic mass is 16.5. The molecular formula is C19H22O2. The Morgan fingerprint density at radius 2 is 1.52 bits per heavy atom. The van der Waals surface area contributed by atoms with Crippen molar-refractivity contribution in [2.75, 3.05) is 0 Å². The van der Waals surface area contributed by atoms with E-state index in [0.717, 1.165) is 16.9 Å². The van der Waals surface area contributed by atoms with Gasteiger partial charge in [0.15, 0.2) is 5.78 Å². The van der Waals surface area contributed by atoms with Gasteiger partial charge in [0.1, 0.15) is 12.4 Å². The lowest BCUT2D eigenvalue weighted by molar-refractivity contribution is 0.0858. The molecule has 0 radical (unpaired) electrons. The zero-order valence-electron chi connectivity index (χ0n) is 13.1. The lowest BCUT2D eigenvalue weighted by Gasteiger charge is -2.16. The highest BCUT2D eigenvalue weighted by Gasteiger charge is 2.22. The summed E-state index contributed by atoms with van der Waals surface area (Å²) in [5.74, 6) is 0.925. The monoisotopic (exact) mass is 282 g/mol. The number of aryl methyl sites for hydroxylation is 1. The van der Waals surface area contributed by atoms with E-state index in [-0.39, 0.29) is 11.2 Å². The van der Waals surface area contributed by atoms with Crippen LogP contribution in [0.1, 0.15) is 42.3 Å². The van der Waals surface area contributed by atoms with Crippen LogP contribution in [0, 0.1) is 12.3 Å². The minimum Gasteiger partial charge on any atom is -0.489 e. The molecule has 0 aromatic heterocycles. The molecule has 2 aromatic carbocycles. The summed E-state index contributed by atoms with van der Waals surface area (Å²) >= 11 is 0. The number of hydrogen-bond acceptors (Lipinski definition) is 2. The van der Waals surface area contributed by atoms with Crippen molar-refractivity contribution in [3.63, 3.8) is 0 Å². The Morgan fingerprint density at radius 3 is 2.05 bits per heavy atom. The molecule has 21 heavy (non-hydrogen) atoms. The van der Waals surface area contributed by atoms with Crippen LogP contribution < -0.4 is 4.74 Å². The van der Waals surface area contributed by atoms with Crippen LogP contribution in [0.5, 0.6) is 5.75 Å². The molecule has 0 N–H and O–H groups in total. The molecule has 0 aliphatic carbocycles. The van der Waals surface area contributed by atoms with Crippen LogP contribution in [-0.2, 0) is 6.61 Å². The fourth-order valence-electron chi connectivity index (χ4n) is 1.99. The number of carbonyl (C=O) groups is 1. The third kappa shape index (κ3) is 4.19. The van der Waals surface area contributed by atoms with E-state index in [4.69, 9.17) is 4.74 Å². The third-order valence-corrected chi connectivity index (χ3v) is 3.32. The highest BCUT2D eigenvalue weighted by molar-refractivity contribution is 5.99. The number of benzene rings is 2. The molecule has 0 fully saturated rings. The van der Waals surface area contributed by atoms with Crippen molar-refractivity contribution in [3.8, 4) is 5.75 Å². The van der Waals surface area contributed by atoms with Gasteiger partial charge in [0.05, 0.1) is 0 Å². The first-order valence-electron chi connectivity index (χ1n) is 7.19. The molecule has 0 aliphatic heterocycles. The molecule has 0 atom stereocenters. The van der Waals surface area contributed by atoms with Crippen molar-refractivity contribution in [1.82, 2.24) is 0 Å². The summed E-state index contributed by atoms with van der Waals surface area (Å²) in [6.07, 6.45) is 0. The predicted octanol–water partition coefficient (Wildman–Crippen LogP) is 4.80. The van der Waals surface area contributed by atoms with Crippen molar-refractivity contribution < 1.29 is 9.53 Å². The molecule has 0 bridgehead atoms. The Labute approximate surface area is 126 Å². The smallest absolute Gasteiger partial charge is 0.168 e. The highest BCUT2D eigenvalue weighted by Crippen LogP contribution is 2.22. The Morgan fingerprint density at radius 1 is 0.952 bits per heavy atom. The van der Waals surface area contributed by atoms with Crippen molar-refractivity contribution in [3.05, 3.63) is 65.2 Å². The van der Waals surface area contributed by atoms with E-state index in [1.165, 1.54) is 5.56 Å². The van der Waals surface area contributed by atoms with E-state index in [1.54, 1.807) is 0 Å². The Bertz CT molecular complexity index is 602. The van der Waals surface area contributed by atoms with Crippen molar-refractivity contribution >= 4 is 5.78 Å². The molecule has 110 valence electrons. The Balaban J connectivity index is 2.00. The average Bonchev–Trinajstić information content (AvgIpc) is 2.45. The van der Waals surface area contributed by atoms with E-state index in [2.05, 4.69) is 31.2 Å². The normalized spacial score (nSPS) is 11.2. The molecule has 0 unspecified atom stereocenters. The van der Waals surface area contributed by atoms with Gasteiger partial charge in [-0.25, -0.2) is 0 Å². The number of carbonyl (C=O) groups excluding carboxylic acids is 1. The maximum absolute atomic E-state index is 12.1. The molecule has 0 heterocycles. The molecule has 2 rings (SSSR count). The van der Waals surface area contributed by atoms with Crippen LogP contribution in [0.2, 0.25) is 0 Å². The van der Waals surface area contributed by atoms with Crippen LogP contribution in [0.4, 0.5) is 0 Å². The Kier molecular flexibility index (Phi) is 4.46. The Hall–Kier alpha value is -2.09. The average molecular weight is 282 g/mol. The number of hydrogen-bond donors (Lipinski definition) is 0. The molecule has 0 spiro atoms. The summed E-state index contributed by atoms with van der Waals surface area (Å²) in [5, 5.41) is 0. The van der Waals surface area contributed by atoms with Gasteiger partial charge in [-0.15, -0.1) is 0 Å². The summed E-state index contributed by atoms with van der Waals surface area (Å²) in [7, 11) is 0. The lowest BCUT2D eigenvalue weighted by Crippen LogP contribution is -2.19. The molecule has 2 nitrogen and oxygen atoms in total. The van der Waals surface area contributed by atoms with Gasteiger partial charge in [0.2, 0.25) is 0 Å². The predicted molar refractivity (Wildman–Crippen MR) is 85.7 cm³/mol. The fraction of sp³-hybridized carbons (Fsp3) is 0.316. The second kappa shape index (κ2) is 6.13. The van der Waals surface area contributed by atoms with Crippen LogP contribution in [0.15, 0.2) is 48.5 Å². The number of Topliss-reactive ketones (excluding diaryl/α,β-unsaturated/α-hetero) is 1. The quantitative estimate of drug-likeness (QED) is 0.753. The van der Waals surface area contributed by atoms with E-state index in [0.29, 0.717) is 6.61 Å². The second-order valence-electron chi connectivity index (χ2n) is 6.38. The van der Waals surface area contributed by atoms with Gasteiger partial charge >= 0.3 is 0 Å². The summed E-state index contributed by atoms with van der Waals surface area (Å²) in [5.41, 5.74) is 2.74. The third-order valence-electron chi connectivity index (χ3n) is 3.32. The maximum atomic E-state index is 12.1. The first-order chi connectivity index (χ1) is 9.86. The zero-order valence-corrected chi connectivity index (χ0v) is 13.1. The fourth-order valence-corrected chi connectivity index (χ4v) is 1.99. The van der Waals surface area contributed by atoms with E-state index in [9.17, 15) is 4.79 Å². The molecule has 0 saturated carbocycles. The minimum absolute atomic E-state index is 0.146. The van der Waals surface area contributed by atoms with E-state index >= 15 is 0 Å². The summed E-state index contributed by atoms with van der Waals surface area (Å²) < 4.78 is 5.74. The van der Waals surface area contributed by atoms with Crippen molar-refractivity contribution in [1.29, 1.82) is 0 Å². The molecule has 0 aliphatic rings. The van der Waals surface area contributed by atoms with Crippen LogP contribution in [-0.4, -0.2) is 5.78 Å². The van der Waals surface area contributed by atoms with Gasteiger partial charge in [0, 0.05) is 11.0 Å². The molecular weight excluding hydrogens is 260 g/mol. The second-order valence-corrected chi connectivity index (χ2v) is 6.38. The van der Waals surface area contributed by atoms with E-state index in [1.807, 2.05) is 45.0 Å². The van der Waals surface area contributed by atoms with Gasteiger partial charge < -0.3 is 4.74 Å². The van der Waals surface area contributed by atoms with Crippen LogP contribution >= 0.6 is 0 Å². The summed E-state index contributed by atoms with van der Waals surface area (Å²) in [6, 6.07) is 15.6. The molecule has 2 aromatic rings. The van der Waals surface area contributed by atoms with Gasteiger partial charge in [-0.2, -0.15) is 0 Å². The number of ketones is 1. The van der Waals surface area contributed by atoms with Gasteiger partial charge in [-0.1, -0.05) is 50.6 Å². The molecule has 0 amide bonds. The zero-order chi connectivity index (χ0) is 15.5. The molecule has 2 heteroatoms. The van der Waals surface area contributed by atoms with Gasteiger partial charge in [-0.3, -0.25) is 4.79 Å². The molecule has 0 saturated heterocycles. The minimum atomic E-state index is -0.357. The maximum Gasteiger partial charge on any atom is 0.168 e. The largest absolute Gasteiger partial charge is 0.489 e. The summed E-state index contributed by atoms with van der Waals surface area (Å²) in [4.78, 5) is 12.1. The SMILES string of the molecule is Cc1ccc(COc2ccc(C(=O)C(C)(C)C)cc2)cc1. The van der Waals surface area contributed by atoms with Gasteiger partial charge in [0.25, 0.3) is 0 Å². The topological polar surface area (TPSA) is 26.3 Å². The first kappa shape index (κ1) is 15.3. The standard InChI is InChI=1S/C19H22O2/c1-14-5-7-15(8-6-14)13-21-17-11-9-16(10-12-17)18(20)19(2,3)4/h5-12H,13H2,1-4H3. The lowest BCUT2D eigenvalue weighted by atomic mass is 9.86. The van der Waals surface area contributed by atoms with Crippen LogP contribution in [0.25, 0.3) is 0 Å². The van der Waals surface area contributed by atoms with Crippen LogP contribution in [0.3, 0.4) is 0 Å². The first-order valence-corrected chi connectivity index (χ1v) is 7.19. The summed E-state index contributed by atoms with van der Waals surface area (Å²) in [6.45, 7) is 8.38. The van der Waals surface area contributed by atoms with Gasteiger partial charge in [-0.05, 0) is 36.8 Å².